The van der Waals surface area contributed by atoms with Crippen LogP contribution in [0.15, 0.2) is 18.2 Å². The average molecular weight is 253 g/mol. The van der Waals surface area contributed by atoms with Gasteiger partial charge in [0.05, 0.1) is 18.8 Å². The van der Waals surface area contributed by atoms with E-state index in [2.05, 4.69) is 0 Å². The van der Waals surface area contributed by atoms with Gasteiger partial charge in [-0.05, 0) is 18.2 Å². The Hall–Kier alpha value is -0.780. The second-order valence-corrected chi connectivity index (χ2v) is 4.12. The van der Waals surface area contributed by atoms with E-state index in [9.17, 15) is 18.3 Å². The van der Waals surface area contributed by atoms with Crippen LogP contribution in [0, 0.1) is 0 Å². The van der Waals surface area contributed by atoms with Gasteiger partial charge in [0.25, 0.3) is 0 Å². The third-order valence-electron chi connectivity index (χ3n) is 2.48. The van der Waals surface area contributed by atoms with E-state index in [0.29, 0.717) is 0 Å². The molecule has 16 heavy (non-hydrogen) atoms. The first-order chi connectivity index (χ1) is 7.33. The van der Waals surface area contributed by atoms with Crippen molar-refractivity contribution in [2.24, 2.45) is 0 Å². The zero-order chi connectivity index (χ0) is 12.0. The maximum Gasteiger partial charge on any atom is 0.416 e. The third-order valence-corrected chi connectivity index (χ3v) is 2.81. The van der Waals surface area contributed by atoms with Crippen molar-refractivity contribution < 1.29 is 23.0 Å². The van der Waals surface area contributed by atoms with E-state index >= 15 is 0 Å². The largest absolute Gasteiger partial charge is 0.416 e. The van der Waals surface area contributed by atoms with Gasteiger partial charge < -0.3 is 9.84 Å². The molecule has 1 fully saturated rings. The van der Waals surface area contributed by atoms with Gasteiger partial charge in [0.2, 0.25) is 0 Å². The van der Waals surface area contributed by atoms with E-state index in [1.165, 1.54) is 0 Å². The molecule has 0 bridgehead atoms. The molecule has 0 unspecified atom stereocenters. The van der Waals surface area contributed by atoms with Crippen LogP contribution in [0.5, 0.6) is 0 Å². The second-order valence-electron chi connectivity index (χ2n) is 3.72. The summed E-state index contributed by atoms with van der Waals surface area (Å²) < 4.78 is 42.1. The van der Waals surface area contributed by atoms with Crippen molar-refractivity contribution in [3.8, 4) is 0 Å². The highest BCUT2D eigenvalue weighted by Gasteiger charge is 2.41. The van der Waals surface area contributed by atoms with Gasteiger partial charge in [-0.25, -0.2) is 0 Å². The van der Waals surface area contributed by atoms with Crippen molar-refractivity contribution in [2.75, 3.05) is 13.2 Å². The monoisotopic (exact) mass is 252 g/mol. The summed E-state index contributed by atoms with van der Waals surface area (Å²) in [4.78, 5) is 0. The molecule has 0 saturated carbocycles. The Morgan fingerprint density at radius 2 is 1.94 bits per heavy atom. The second kappa shape index (κ2) is 3.61. The fraction of sp³-hybridized carbons (Fsp3) is 0.400. The van der Waals surface area contributed by atoms with Crippen LogP contribution < -0.4 is 0 Å². The van der Waals surface area contributed by atoms with Crippen LogP contribution in [-0.2, 0) is 16.5 Å². The van der Waals surface area contributed by atoms with Gasteiger partial charge in [0, 0.05) is 10.6 Å². The molecule has 1 N–H and O–H groups in total. The van der Waals surface area contributed by atoms with Gasteiger partial charge in [0.15, 0.2) is 0 Å². The van der Waals surface area contributed by atoms with Crippen molar-refractivity contribution in [3.63, 3.8) is 0 Å². The summed E-state index contributed by atoms with van der Waals surface area (Å²) in [6.45, 7) is -0.0674. The molecular weight excluding hydrogens is 245 g/mol. The van der Waals surface area contributed by atoms with Gasteiger partial charge >= 0.3 is 6.18 Å². The molecule has 88 valence electrons. The molecule has 1 heterocycles. The van der Waals surface area contributed by atoms with E-state index < -0.39 is 17.3 Å². The minimum absolute atomic E-state index is 0.0337. The number of halogens is 4. The number of hydrogen-bond donors (Lipinski definition) is 1. The van der Waals surface area contributed by atoms with Crippen molar-refractivity contribution in [1.29, 1.82) is 0 Å². The highest BCUT2D eigenvalue weighted by atomic mass is 35.5. The van der Waals surface area contributed by atoms with Crippen LogP contribution in [0.3, 0.4) is 0 Å². The highest BCUT2D eigenvalue weighted by Crippen LogP contribution is 2.38. The van der Waals surface area contributed by atoms with Gasteiger partial charge in [-0.3, -0.25) is 0 Å². The van der Waals surface area contributed by atoms with Crippen LogP contribution in [0.1, 0.15) is 11.1 Å². The first-order valence-electron chi connectivity index (χ1n) is 4.50. The fourth-order valence-corrected chi connectivity index (χ4v) is 1.80. The van der Waals surface area contributed by atoms with Crippen LogP contribution >= 0.6 is 11.6 Å². The lowest BCUT2D eigenvalue weighted by molar-refractivity contribution is -0.185. The Balaban J connectivity index is 2.45. The predicted octanol–water partition coefficient (Wildman–Crippen LogP) is 2.58. The third kappa shape index (κ3) is 1.90. The Bertz CT molecular complexity index is 413. The minimum atomic E-state index is -4.44. The number of rotatable bonds is 1. The van der Waals surface area contributed by atoms with Gasteiger partial charge in [-0.2, -0.15) is 13.2 Å². The summed E-state index contributed by atoms with van der Waals surface area (Å²) in [5.74, 6) is 0. The molecule has 1 aromatic carbocycles. The van der Waals surface area contributed by atoms with Crippen molar-refractivity contribution in [3.05, 3.63) is 34.3 Å². The van der Waals surface area contributed by atoms with Crippen LogP contribution in [0.25, 0.3) is 0 Å². The number of hydrogen-bond acceptors (Lipinski definition) is 2. The summed E-state index contributed by atoms with van der Waals surface area (Å²) in [5, 5.41) is 9.99. The molecule has 0 amide bonds. The fourth-order valence-electron chi connectivity index (χ4n) is 1.51. The minimum Gasteiger partial charge on any atom is -0.380 e. The first-order valence-corrected chi connectivity index (χ1v) is 4.88. The van der Waals surface area contributed by atoms with Crippen molar-refractivity contribution >= 4 is 11.6 Å². The molecule has 6 heteroatoms. The molecule has 0 radical (unpaired) electrons. The quantitative estimate of drug-likeness (QED) is 0.832. The van der Waals surface area contributed by atoms with Gasteiger partial charge in [-0.15, -0.1) is 0 Å². The molecule has 2 nitrogen and oxygen atoms in total. The molecule has 0 spiro atoms. The lowest BCUT2D eigenvalue weighted by atomic mass is 9.91. The van der Waals surface area contributed by atoms with Crippen LogP contribution in [-0.4, -0.2) is 18.3 Å². The van der Waals surface area contributed by atoms with Crippen molar-refractivity contribution in [2.45, 2.75) is 11.8 Å². The molecule has 2 rings (SSSR count). The smallest absolute Gasteiger partial charge is 0.380 e. The molecule has 0 aliphatic carbocycles. The van der Waals surface area contributed by atoms with E-state index in [4.69, 9.17) is 16.3 Å². The van der Waals surface area contributed by atoms with Gasteiger partial charge in [-0.1, -0.05) is 11.6 Å². The molecule has 1 aliphatic rings. The van der Waals surface area contributed by atoms with E-state index in [0.717, 1.165) is 18.2 Å². The van der Waals surface area contributed by atoms with Crippen molar-refractivity contribution in [1.82, 2.24) is 0 Å². The zero-order valence-electron chi connectivity index (χ0n) is 8.01. The average Bonchev–Trinajstić information content (AvgIpc) is 2.13. The van der Waals surface area contributed by atoms with E-state index in [-0.39, 0.29) is 23.8 Å². The normalized spacial score (nSPS) is 19.3. The molecule has 0 aromatic heterocycles. The maximum absolute atomic E-state index is 12.5. The topological polar surface area (TPSA) is 29.5 Å². The molecule has 1 saturated heterocycles. The Kier molecular flexibility index (Phi) is 2.64. The number of ether oxygens (including phenoxy) is 1. The van der Waals surface area contributed by atoms with Crippen LogP contribution in [0.4, 0.5) is 13.2 Å². The van der Waals surface area contributed by atoms with E-state index in [1.807, 2.05) is 0 Å². The SMILES string of the molecule is OC1(c2cc(C(F)(F)F)ccc2Cl)COC1. The standard InChI is InChI=1S/C10H8ClF3O2/c11-8-2-1-6(10(12,13)14)3-7(8)9(15)4-16-5-9/h1-3,15H,4-5H2. The summed E-state index contributed by atoms with van der Waals surface area (Å²) in [6, 6.07) is 2.88. The predicted molar refractivity (Wildman–Crippen MR) is 51.2 cm³/mol. The Morgan fingerprint density at radius 3 is 2.38 bits per heavy atom. The first kappa shape index (κ1) is 11.7. The molecule has 1 aromatic rings. The zero-order valence-corrected chi connectivity index (χ0v) is 8.77. The summed E-state index contributed by atoms with van der Waals surface area (Å²) in [5.41, 5.74) is -2.15. The summed E-state index contributed by atoms with van der Waals surface area (Å²) in [6.07, 6.45) is -4.44. The number of alkyl halides is 3. The molecular formula is C10H8ClF3O2. The van der Waals surface area contributed by atoms with Gasteiger partial charge in [0.1, 0.15) is 5.60 Å². The molecule has 1 aliphatic heterocycles. The van der Waals surface area contributed by atoms with Crippen LogP contribution in [0.2, 0.25) is 5.02 Å². The lowest BCUT2D eigenvalue weighted by Crippen LogP contribution is -2.46. The Morgan fingerprint density at radius 1 is 1.31 bits per heavy atom. The summed E-state index contributed by atoms with van der Waals surface area (Å²) in [7, 11) is 0. The molecule has 0 atom stereocenters. The highest BCUT2D eigenvalue weighted by molar-refractivity contribution is 6.31. The number of benzene rings is 1. The maximum atomic E-state index is 12.5. The number of aliphatic hydroxyl groups is 1. The lowest BCUT2D eigenvalue weighted by Gasteiger charge is -2.37. The Labute approximate surface area is 94.6 Å². The summed E-state index contributed by atoms with van der Waals surface area (Å²) >= 11 is 5.76. The van der Waals surface area contributed by atoms with E-state index in [1.54, 1.807) is 0 Å².